The third kappa shape index (κ3) is 4.13. The van der Waals surface area contributed by atoms with Crippen LogP contribution in [0.3, 0.4) is 0 Å². The van der Waals surface area contributed by atoms with Gasteiger partial charge < -0.3 is 9.64 Å². The van der Waals surface area contributed by atoms with Gasteiger partial charge in [0.2, 0.25) is 5.95 Å². The van der Waals surface area contributed by atoms with Crippen LogP contribution in [0.15, 0.2) is 53.7 Å². The summed E-state index contributed by atoms with van der Waals surface area (Å²) >= 11 is 7.79. The quantitative estimate of drug-likeness (QED) is 0.595. The number of rotatable bonds is 5. The molecule has 0 atom stereocenters. The van der Waals surface area contributed by atoms with Gasteiger partial charge in [0.25, 0.3) is 0 Å². The van der Waals surface area contributed by atoms with Gasteiger partial charge in [0, 0.05) is 23.9 Å². The second-order valence-corrected chi connectivity index (χ2v) is 7.80. The highest BCUT2D eigenvalue weighted by molar-refractivity contribution is 7.98. The van der Waals surface area contributed by atoms with Gasteiger partial charge in [0.05, 0.1) is 18.9 Å². The molecular formula is C20H21ClN4OS. The van der Waals surface area contributed by atoms with Crippen molar-refractivity contribution < 1.29 is 4.74 Å². The predicted molar refractivity (Wildman–Crippen MR) is 110 cm³/mol. The molecule has 0 radical (unpaired) electrons. The maximum atomic E-state index is 6.12. The fraction of sp³-hybridized carbons (Fsp3) is 0.300. The molecule has 1 aliphatic heterocycles. The summed E-state index contributed by atoms with van der Waals surface area (Å²) in [5.41, 5.74) is 3.47. The SMILES string of the molecule is Cc1ccccc1-n1c(SCc2cccc(Cl)c2)nnc1N1CCOCC1. The van der Waals surface area contributed by atoms with Crippen molar-refractivity contribution >= 4 is 29.3 Å². The van der Waals surface area contributed by atoms with Crippen LogP contribution in [0, 0.1) is 6.92 Å². The summed E-state index contributed by atoms with van der Waals surface area (Å²) in [4.78, 5) is 2.24. The zero-order chi connectivity index (χ0) is 18.6. The van der Waals surface area contributed by atoms with Gasteiger partial charge in [0.15, 0.2) is 5.16 Å². The van der Waals surface area contributed by atoms with Gasteiger partial charge >= 0.3 is 0 Å². The number of halogens is 1. The molecule has 5 nitrogen and oxygen atoms in total. The van der Waals surface area contributed by atoms with Crippen LogP contribution in [0.5, 0.6) is 0 Å². The molecular weight excluding hydrogens is 380 g/mol. The van der Waals surface area contributed by atoms with Crippen LogP contribution >= 0.6 is 23.4 Å². The molecule has 3 aromatic rings. The molecule has 27 heavy (non-hydrogen) atoms. The molecule has 2 heterocycles. The molecule has 2 aromatic carbocycles. The van der Waals surface area contributed by atoms with E-state index in [9.17, 15) is 0 Å². The maximum absolute atomic E-state index is 6.12. The van der Waals surface area contributed by atoms with Crippen LogP contribution in [-0.2, 0) is 10.5 Å². The van der Waals surface area contributed by atoms with Crippen molar-refractivity contribution in [2.75, 3.05) is 31.2 Å². The number of morpholine rings is 1. The first-order valence-electron chi connectivity index (χ1n) is 8.94. The lowest BCUT2D eigenvalue weighted by Crippen LogP contribution is -2.38. The van der Waals surface area contributed by atoms with E-state index in [1.54, 1.807) is 11.8 Å². The molecule has 1 aliphatic rings. The second kappa shape index (κ2) is 8.33. The van der Waals surface area contributed by atoms with Crippen LogP contribution in [0.4, 0.5) is 5.95 Å². The van der Waals surface area contributed by atoms with Crippen LogP contribution in [0.2, 0.25) is 5.02 Å². The van der Waals surface area contributed by atoms with Crippen LogP contribution in [0.1, 0.15) is 11.1 Å². The molecule has 1 fully saturated rings. The average molecular weight is 401 g/mol. The Kier molecular flexibility index (Phi) is 5.66. The third-order valence-corrected chi connectivity index (χ3v) is 5.76. The van der Waals surface area contributed by atoms with Crippen molar-refractivity contribution in [3.05, 3.63) is 64.7 Å². The minimum atomic E-state index is 0.714. The number of aryl methyl sites for hydroxylation is 1. The van der Waals surface area contributed by atoms with E-state index in [1.165, 1.54) is 11.1 Å². The van der Waals surface area contributed by atoms with Crippen LogP contribution in [-0.4, -0.2) is 41.1 Å². The number of anilines is 1. The van der Waals surface area contributed by atoms with E-state index >= 15 is 0 Å². The largest absolute Gasteiger partial charge is 0.378 e. The molecule has 7 heteroatoms. The van der Waals surface area contributed by atoms with Crippen molar-refractivity contribution in [2.24, 2.45) is 0 Å². The van der Waals surface area contributed by atoms with E-state index in [4.69, 9.17) is 16.3 Å². The molecule has 0 saturated carbocycles. The molecule has 0 unspecified atom stereocenters. The van der Waals surface area contributed by atoms with Crippen molar-refractivity contribution in [2.45, 2.75) is 17.8 Å². The third-order valence-electron chi connectivity index (χ3n) is 4.52. The number of aromatic nitrogens is 3. The smallest absolute Gasteiger partial charge is 0.232 e. The Morgan fingerprint density at radius 3 is 2.67 bits per heavy atom. The summed E-state index contributed by atoms with van der Waals surface area (Å²) in [6.07, 6.45) is 0. The maximum Gasteiger partial charge on any atom is 0.232 e. The van der Waals surface area contributed by atoms with Crippen molar-refractivity contribution in [1.29, 1.82) is 0 Å². The Morgan fingerprint density at radius 1 is 1.07 bits per heavy atom. The molecule has 0 N–H and O–H groups in total. The Morgan fingerprint density at radius 2 is 1.89 bits per heavy atom. The highest BCUT2D eigenvalue weighted by atomic mass is 35.5. The zero-order valence-electron chi connectivity index (χ0n) is 15.1. The number of nitrogens with zero attached hydrogens (tertiary/aromatic N) is 4. The van der Waals surface area contributed by atoms with Crippen molar-refractivity contribution in [1.82, 2.24) is 14.8 Å². The summed E-state index contributed by atoms with van der Waals surface area (Å²) in [5, 5.41) is 10.7. The fourth-order valence-electron chi connectivity index (χ4n) is 3.12. The first-order valence-corrected chi connectivity index (χ1v) is 10.3. The molecule has 0 aliphatic carbocycles. The Bertz CT molecular complexity index is 924. The standard InChI is InChI=1S/C20H21ClN4OS/c1-15-5-2-3-8-18(15)25-19(24-9-11-26-12-10-24)22-23-20(25)27-14-16-6-4-7-17(21)13-16/h2-8,13H,9-12,14H2,1H3. The number of ether oxygens (including phenoxy) is 1. The van der Waals surface area contributed by atoms with Crippen LogP contribution in [0.25, 0.3) is 5.69 Å². The molecule has 1 aromatic heterocycles. The van der Waals surface area contributed by atoms with Crippen molar-refractivity contribution in [3.63, 3.8) is 0 Å². The van der Waals surface area contributed by atoms with E-state index in [2.05, 4.69) is 56.9 Å². The second-order valence-electron chi connectivity index (χ2n) is 6.42. The van der Waals surface area contributed by atoms with E-state index in [0.717, 1.165) is 40.7 Å². The number of thioether (sulfide) groups is 1. The van der Waals surface area contributed by atoms with Crippen LogP contribution < -0.4 is 4.90 Å². The van der Waals surface area contributed by atoms with Gasteiger partial charge in [-0.05, 0) is 36.2 Å². The van der Waals surface area contributed by atoms with Gasteiger partial charge in [-0.15, -0.1) is 10.2 Å². The lowest BCUT2D eigenvalue weighted by Gasteiger charge is -2.28. The van der Waals surface area contributed by atoms with E-state index in [0.29, 0.717) is 13.2 Å². The monoisotopic (exact) mass is 400 g/mol. The van der Waals surface area contributed by atoms with E-state index in [-0.39, 0.29) is 0 Å². The normalized spacial score (nSPS) is 14.5. The van der Waals surface area contributed by atoms with E-state index < -0.39 is 0 Å². The zero-order valence-corrected chi connectivity index (χ0v) is 16.7. The number of hydrogen-bond donors (Lipinski definition) is 0. The first kappa shape index (κ1) is 18.3. The van der Waals surface area contributed by atoms with Gasteiger partial charge in [0.1, 0.15) is 0 Å². The lowest BCUT2D eigenvalue weighted by atomic mass is 10.2. The summed E-state index contributed by atoms with van der Waals surface area (Å²) in [6.45, 7) is 5.19. The highest BCUT2D eigenvalue weighted by Crippen LogP contribution is 2.30. The minimum absolute atomic E-state index is 0.714. The summed E-state index contributed by atoms with van der Waals surface area (Å²) < 4.78 is 7.66. The van der Waals surface area contributed by atoms with Gasteiger partial charge in [-0.1, -0.05) is 53.7 Å². The summed E-state index contributed by atoms with van der Waals surface area (Å²) in [6, 6.07) is 16.3. The summed E-state index contributed by atoms with van der Waals surface area (Å²) in [7, 11) is 0. The van der Waals surface area contributed by atoms with E-state index in [1.807, 2.05) is 18.2 Å². The number of para-hydroxylation sites is 1. The van der Waals surface area contributed by atoms with Crippen molar-refractivity contribution in [3.8, 4) is 5.69 Å². The average Bonchev–Trinajstić information content (AvgIpc) is 3.11. The topological polar surface area (TPSA) is 43.2 Å². The Labute approximate surface area is 168 Å². The predicted octanol–water partition coefficient (Wildman–Crippen LogP) is 4.36. The Balaban J connectivity index is 1.68. The summed E-state index contributed by atoms with van der Waals surface area (Å²) in [5.74, 6) is 1.66. The van der Waals surface area contributed by atoms with Gasteiger partial charge in [-0.25, -0.2) is 0 Å². The molecule has 0 spiro atoms. The van der Waals surface area contributed by atoms with Gasteiger partial charge in [-0.2, -0.15) is 0 Å². The fourth-order valence-corrected chi connectivity index (χ4v) is 4.22. The molecule has 0 bridgehead atoms. The molecule has 4 rings (SSSR count). The molecule has 0 amide bonds. The minimum Gasteiger partial charge on any atom is -0.378 e. The number of hydrogen-bond acceptors (Lipinski definition) is 5. The van der Waals surface area contributed by atoms with Gasteiger partial charge in [-0.3, -0.25) is 4.57 Å². The first-order chi connectivity index (χ1) is 13.2. The highest BCUT2D eigenvalue weighted by Gasteiger charge is 2.22. The Hall–Kier alpha value is -2.02. The lowest BCUT2D eigenvalue weighted by molar-refractivity contribution is 0.122. The molecule has 1 saturated heterocycles. The number of benzene rings is 2. The molecule has 140 valence electrons.